The molecule has 0 saturated carbocycles. The van der Waals surface area contributed by atoms with Gasteiger partial charge in [0.05, 0.1) is 23.3 Å². The van der Waals surface area contributed by atoms with Crippen molar-refractivity contribution >= 4 is 22.8 Å². The number of H-pyrrole nitrogens is 1. The first-order chi connectivity index (χ1) is 13.3. The standard InChI is InChI=1S/C20H26N6O2/c1-24(2)10-11-26-17-12-14(8-9-16(17)23-20(26)28)19(27)21-13-15-6-5-7-18(22-15)25(3)4/h5-9,12H,10-11,13H2,1-4H3,(H,21,27)(H,23,28). The van der Waals surface area contributed by atoms with Crippen LogP contribution in [0.5, 0.6) is 0 Å². The van der Waals surface area contributed by atoms with Gasteiger partial charge in [-0.15, -0.1) is 0 Å². The summed E-state index contributed by atoms with van der Waals surface area (Å²) < 4.78 is 1.66. The normalized spacial score (nSPS) is 11.2. The number of anilines is 1. The summed E-state index contributed by atoms with van der Waals surface area (Å²) in [6, 6.07) is 10.9. The summed E-state index contributed by atoms with van der Waals surface area (Å²) in [4.78, 5) is 36.1. The average molecular weight is 382 g/mol. The van der Waals surface area contributed by atoms with Crippen LogP contribution >= 0.6 is 0 Å². The molecule has 0 aliphatic carbocycles. The fraction of sp³-hybridized carbons (Fsp3) is 0.350. The molecule has 0 radical (unpaired) electrons. The van der Waals surface area contributed by atoms with Crippen molar-refractivity contribution in [1.82, 2.24) is 24.8 Å². The number of aromatic amines is 1. The molecule has 2 aromatic heterocycles. The molecule has 0 fully saturated rings. The van der Waals surface area contributed by atoms with E-state index in [-0.39, 0.29) is 11.6 Å². The maximum atomic E-state index is 12.6. The van der Waals surface area contributed by atoms with E-state index in [1.807, 2.05) is 56.2 Å². The monoisotopic (exact) mass is 382 g/mol. The average Bonchev–Trinajstić information content (AvgIpc) is 2.98. The predicted octanol–water partition coefficient (Wildman–Crippen LogP) is 1.28. The minimum Gasteiger partial charge on any atom is -0.363 e. The number of amides is 1. The van der Waals surface area contributed by atoms with Crippen molar-refractivity contribution in [1.29, 1.82) is 0 Å². The molecule has 3 rings (SSSR count). The molecule has 1 amide bonds. The van der Waals surface area contributed by atoms with E-state index in [1.165, 1.54) is 0 Å². The molecule has 0 unspecified atom stereocenters. The summed E-state index contributed by atoms with van der Waals surface area (Å²) >= 11 is 0. The Morgan fingerprint density at radius 2 is 1.96 bits per heavy atom. The molecule has 0 atom stereocenters. The van der Waals surface area contributed by atoms with Crippen molar-refractivity contribution < 1.29 is 4.79 Å². The number of hydrogen-bond acceptors (Lipinski definition) is 5. The number of likely N-dealkylation sites (N-methyl/N-ethyl adjacent to an activating group) is 1. The fourth-order valence-corrected chi connectivity index (χ4v) is 2.90. The smallest absolute Gasteiger partial charge is 0.326 e. The molecule has 0 saturated heterocycles. The van der Waals surface area contributed by atoms with Gasteiger partial charge in [0.25, 0.3) is 5.91 Å². The quantitative estimate of drug-likeness (QED) is 0.643. The van der Waals surface area contributed by atoms with Crippen LogP contribution in [0.2, 0.25) is 0 Å². The summed E-state index contributed by atoms with van der Waals surface area (Å²) in [5, 5.41) is 2.90. The van der Waals surface area contributed by atoms with E-state index in [0.29, 0.717) is 18.7 Å². The largest absolute Gasteiger partial charge is 0.363 e. The SMILES string of the molecule is CN(C)CCn1c(=O)[nH]c2ccc(C(=O)NCc3cccc(N(C)C)n3)cc21. The topological polar surface area (TPSA) is 86.3 Å². The Bertz CT molecular complexity index is 1030. The van der Waals surface area contributed by atoms with E-state index in [2.05, 4.69) is 15.3 Å². The highest BCUT2D eigenvalue weighted by Crippen LogP contribution is 2.14. The lowest BCUT2D eigenvalue weighted by atomic mass is 10.2. The van der Waals surface area contributed by atoms with Crippen molar-refractivity contribution in [3.05, 3.63) is 58.1 Å². The number of nitrogens with zero attached hydrogens (tertiary/aromatic N) is 4. The highest BCUT2D eigenvalue weighted by Gasteiger charge is 2.12. The van der Waals surface area contributed by atoms with Crippen LogP contribution in [0, 0.1) is 0 Å². The van der Waals surface area contributed by atoms with Gasteiger partial charge in [0.15, 0.2) is 0 Å². The summed E-state index contributed by atoms with van der Waals surface area (Å²) in [7, 11) is 7.76. The summed E-state index contributed by atoms with van der Waals surface area (Å²) in [6.45, 7) is 1.62. The first kappa shape index (κ1) is 19.6. The minimum atomic E-state index is -0.202. The number of carbonyl (C=O) groups is 1. The van der Waals surface area contributed by atoms with Gasteiger partial charge in [0.1, 0.15) is 5.82 Å². The second kappa shape index (κ2) is 8.26. The molecule has 148 valence electrons. The summed E-state index contributed by atoms with van der Waals surface area (Å²) in [5.41, 5.74) is 2.58. The van der Waals surface area contributed by atoms with Gasteiger partial charge in [-0.2, -0.15) is 0 Å². The number of rotatable bonds is 7. The number of pyridine rings is 1. The van der Waals surface area contributed by atoms with Crippen LogP contribution in [0.1, 0.15) is 16.1 Å². The van der Waals surface area contributed by atoms with Crippen LogP contribution in [-0.4, -0.2) is 60.1 Å². The van der Waals surface area contributed by atoms with Crippen molar-refractivity contribution in [3.63, 3.8) is 0 Å². The van der Waals surface area contributed by atoms with E-state index in [9.17, 15) is 9.59 Å². The van der Waals surface area contributed by atoms with E-state index in [4.69, 9.17) is 0 Å². The first-order valence-electron chi connectivity index (χ1n) is 9.14. The van der Waals surface area contributed by atoms with Crippen LogP contribution in [0.4, 0.5) is 5.82 Å². The van der Waals surface area contributed by atoms with Gasteiger partial charge in [-0.05, 0) is 44.4 Å². The molecular weight excluding hydrogens is 356 g/mol. The van der Waals surface area contributed by atoms with Crippen LogP contribution in [0.25, 0.3) is 11.0 Å². The Kier molecular flexibility index (Phi) is 5.79. The van der Waals surface area contributed by atoms with Gasteiger partial charge in [0.2, 0.25) is 0 Å². The van der Waals surface area contributed by atoms with Gasteiger partial charge in [0, 0.05) is 32.7 Å². The maximum Gasteiger partial charge on any atom is 0.326 e. The van der Waals surface area contributed by atoms with Crippen molar-refractivity contribution in [3.8, 4) is 0 Å². The Hall–Kier alpha value is -3.13. The second-order valence-corrected chi connectivity index (χ2v) is 7.18. The first-order valence-corrected chi connectivity index (χ1v) is 9.14. The number of imidazole rings is 1. The third-order valence-electron chi connectivity index (χ3n) is 4.49. The highest BCUT2D eigenvalue weighted by molar-refractivity contribution is 5.97. The molecule has 0 aliphatic rings. The Balaban J connectivity index is 1.77. The van der Waals surface area contributed by atoms with E-state index >= 15 is 0 Å². The third kappa shape index (κ3) is 4.40. The molecular formula is C20H26N6O2. The van der Waals surface area contributed by atoms with Crippen molar-refractivity contribution in [2.75, 3.05) is 39.6 Å². The summed E-state index contributed by atoms with van der Waals surface area (Å²) in [5.74, 6) is 0.636. The van der Waals surface area contributed by atoms with E-state index in [0.717, 1.165) is 29.1 Å². The number of nitrogens with one attached hydrogen (secondary N) is 2. The zero-order chi connectivity index (χ0) is 20.3. The molecule has 8 heteroatoms. The molecule has 3 aromatic rings. The second-order valence-electron chi connectivity index (χ2n) is 7.18. The lowest BCUT2D eigenvalue weighted by Gasteiger charge is -2.12. The third-order valence-corrected chi connectivity index (χ3v) is 4.49. The van der Waals surface area contributed by atoms with Crippen molar-refractivity contribution in [2.45, 2.75) is 13.1 Å². The molecule has 28 heavy (non-hydrogen) atoms. The molecule has 0 spiro atoms. The molecule has 2 heterocycles. The molecule has 8 nitrogen and oxygen atoms in total. The van der Waals surface area contributed by atoms with Gasteiger partial charge in [-0.1, -0.05) is 6.07 Å². The number of benzene rings is 1. The molecule has 0 aliphatic heterocycles. The predicted molar refractivity (Wildman–Crippen MR) is 111 cm³/mol. The summed E-state index contributed by atoms with van der Waals surface area (Å²) in [6.07, 6.45) is 0. The van der Waals surface area contributed by atoms with Gasteiger partial charge in [-0.25, -0.2) is 9.78 Å². The lowest BCUT2D eigenvalue weighted by Crippen LogP contribution is -2.25. The van der Waals surface area contributed by atoms with Crippen molar-refractivity contribution in [2.24, 2.45) is 0 Å². The Morgan fingerprint density at radius 1 is 1.18 bits per heavy atom. The van der Waals surface area contributed by atoms with Crippen LogP contribution in [-0.2, 0) is 13.1 Å². The van der Waals surface area contributed by atoms with Gasteiger partial charge < -0.3 is 20.1 Å². The van der Waals surface area contributed by atoms with Crippen LogP contribution < -0.4 is 15.9 Å². The Labute approximate surface area is 163 Å². The number of fused-ring (bicyclic) bond motifs is 1. The van der Waals surface area contributed by atoms with Crippen LogP contribution in [0.15, 0.2) is 41.2 Å². The van der Waals surface area contributed by atoms with Crippen LogP contribution in [0.3, 0.4) is 0 Å². The minimum absolute atomic E-state index is 0.167. The van der Waals surface area contributed by atoms with E-state index < -0.39 is 0 Å². The van der Waals surface area contributed by atoms with Gasteiger partial charge in [-0.3, -0.25) is 9.36 Å². The number of aromatic nitrogens is 3. The Morgan fingerprint density at radius 3 is 2.68 bits per heavy atom. The molecule has 1 aromatic carbocycles. The zero-order valence-electron chi connectivity index (χ0n) is 16.7. The van der Waals surface area contributed by atoms with Gasteiger partial charge >= 0.3 is 5.69 Å². The number of hydrogen-bond donors (Lipinski definition) is 2. The molecule has 2 N–H and O–H groups in total. The molecule has 0 bridgehead atoms. The number of carbonyl (C=O) groups excluding carboxylic acids is 1. The maximum absolute atomic E-state index is 12.6. The zero-order valence-corrected chi connectivity index (χ0v) is 16.7. The fourth-order valence-electron chi connectivity index (χ4n) is 2.90. The lowest BCUT2D eigenvalue weighted by molar-refractivity contribution is 0.0950. The van der Waals surface area contributed by atoms with E-state index in [1.54, 1.807) is 22.8 Å². The highest BCUT2D eigenvalue weighted by atomic mass is 16.2.